The van der Waals surface area contributed by atoms with Crippen LogP contribution < -0.4 is 5.32 Å². The zero-order valence-corrected chi connectivity index (χ0v) is 11.4. The lowest BCUT2D eigenvalue weighted by atomic mass is 9.73. The van der Waals surface area contributed by atoms with Gasteiger partial charge in [0.05, 0.1) is 5.56 Å². The van der Waals surface area contributed by atoms with Crippen molar-refractivity contribution in [3.63, 3.8) is 0 Å². The molecule has 1 fully saturated rings. The monoisotopic (exact) mass is 265 g/mol. The van der Waals surface area contributed by atoms with Gasteiger partial charge in [-0.05, 0) is 36.5 Å². The van der Waals surface area contributed by atoms with Crippen LogP contribution >= 0.6 is 0 Å². The smallest absolute Gasteiger partial charge is 0.338 e. The van der Waals surface area contributed by atoms with Crippen molar-refractivity contribution in [1.29, 1.82) is 0 Å². The molecule has 0 aromatic heterocycles. The highest BCUT2D eigenvalue weighted by Crippen LogP contribution is 2.37. The summed E-state index contributed by atoms with van der Waals surface area (Å²) in [7, 11) is 0. The number of carbonyl (C=O) groups is 1. The average molecular weight is 265 g/mol. The van der Waals surface area contributed by atoms with E-state index >= 15 is 0 Å². The highest BCUT2D eigenvalue weighted by atomic mass is 19.1. The van der Waals surface area contributed by atoms with Gasteiger partial charge >= 0.3 is 5.97 Å². The molecule has 0 aliphatic heterocycles. The molecule has 1 saturated carbocycles. The summed E-state index contributed by atoms with van der Waals surface area (Å²) >= 11 is 0. The summed E-state index contributed by atoms with van der Waals surface area (Å²) in [5, 5.41) is 12.1. The second-order valence-corrected chi connectivity index (χ2v) is 5.93. The number of anilines is 1. The number of nitrogens with one attached hydrogen (secondary N) is 1. The first kappa shape index (κ1) is 13.8. The molecule has 1 atom stereocenters. The Balaban J connectivity index is 2.15. The summed E-state index contributed by atoms with van der Waals surface area (Å²) in [4.78, 5) is 10.8. The molecule has 1 aromatic carbocycles. The van der Waals surface area contributed by atoms with Gasteiger partial charge in [0.15, 0.2) is 0 Å². The van der Waals surface area contributed by atoms with E-state index in [1.807, 2.05) is 0 Å². The molecule has 1 unspecified atom stereocenters. The largest absolute Gasteiger partial charge is 0.478 e. The Labute approximate surface area is 112 Å². The second-order valence-electron chi connectivity index (χ2n) is 5.93. The van der Waals surface area contributed by atoms with E-state index in [-0.39, 0.29) is 11.0 Å². The Hall–Kier alpha value is -1.58. The van der Waals surface area contributed by atoms with Crippen LogP contribution in [0.2, 0.25) is 0 Å². The quantitative estimate of drug-likeness (QED) is 0.871. The minimum Gasteiger partial charge on any atom is -0.478 e. The molecule has 104 valence electrons. The van der Waals surface area contributed by atoms with Crippen molar-refractivity contribution in [2.45, 2.75) is 45.6 Å². The first-order valence-corrected chi connectivity index (χ1v) is 6.69. The standard InChI is InChI=1S/C15H20FNO2/c1-15(2)8-4-3-5-13(15)17-10-6-7-11(14(18)19)12(16)9-10/h6-7,9,13,17H,3-5,8H2,1-2H3,(H,18,19). The Morgan fingerprint density at radius 1 is 1.42 bits per heavy atom. The summed E-state index contributed by atoms with van der Waals surface area (Å²) in [5.41, 5.74) is 0.552. The van der Waals surface area contributed by atoms with Gasteiger partial charge in [0.25, 0.3) is 0 Å². The number of rotatable bonds is 3. The van der Waals surface area contributed by atoms with E-state index in [1.165, 1.54) is 25.0 Å². The van der Waals surface area contributed by atoms with Gasteiger partial charge in [0, 0.05) is 11.7 Å². The van der Waals surface area contributed by atoms with Crippen molar-refractivity contribution in [2.75, 3.05) is 5.32 Å². The predicted molar refractivity (Wildman–Crippen MR) is 73.0 cm³/mol. The van der Waals surface area contributed by atoms with E-state index in [0.29, 0.717) is 11.7 Å². The Bertz CT molecular complexity index is 485. The van der Waals surface area contributed by atoms with Gasteiger partial charge in [-0.2, -0.15) is 0 Å². The van der Waals surface area contributed by atoms with Crippen molar-refractivity contribution in [2.24, 2.45) is 5.41 Å². The van der Waals surface area contributed by atoms with Crippen molar-refractivity contribution < 1.29 is 14.3 Å². The van der Waals surface area contributed by atoms with E-state index in [1.54, 1.807) is 6.07 Å². The van der Waals surface area contributed by atoms with Gasteiger partial charge in [0.2, 0.25) is 0 Å². The van der Waals surface area contributed by atoms with E-state index in [9.17, 15) is 9.18 Å². The molecule has 1 aliphatic rings. The van der Waals surface area contributed by atoms with E-state index in [4.69, 9.17) is 5.11 Å². The van der Waals surface area contributed by atoms with Gasteiger partial charge in [-0.1, -0.05) is 26.7 Å². The molecule has 3 nitrogen and oxygen atoms in total. The highest BCUT2D eigenvalue weighted by molar-refractivity contribution is 5.88. The maximum atomic E-state index is 13.6. The molecule has 4 heteroatoms. The molecule has 2 rings (SSSR count). The van der Waals surface area contributed by atoms with Crippen LogP contribution in [0.1, 0.15) is 49.9 Å². The molecule has 19 heavy (non-hydrogen) atoms. The molecule has 0 spiro atoms. The van der Waals surface area contributed by atoms with Crippen molar-refractivity contribution in [3.05, 3.63) is 29.6 Å². The SMILES string of the molecule is CC1(C)CCCCC1Nc1ccc(C(=O)O)c(F)c1. The summed E-state index contributed by atoms with van der Waals surface area (Å²) in [6.45, 7) is 4.43. The van der Waals surface area contributed by atoms with Gasteiger partial charge in [-0.25, -0.2) is 9.18 Å². The maximum Gasteiger partial charge on any atom is 0.338 e. The van der Waals surface area contributed by atoms with Gasteiger partial charge < -0.3 is 10.4 Å². The molecule has 0 heterocycles. The molecule has 0 bridgehead atoms. The summed E-state index contributed by atoms with van der Waals surface area (Å²) in [6, 6.07) is 4.53. The zero-order valence-electron chi connectivity index (χ0n) is 11.4. The average Bonchev–Trinajstić information content (AvgIpc) is 2.31. The first-order valence-electron chi connectivity index (χ1n) is 6.69. The van der Waals surface area contributed by atoms with Crippen LogP contribution in [-0.2, 0) is 0 Å². The molecule has 1 aliphatic carbocycles. The van der Waals surface area contributed by atoms with Crippen molar-refractivity contribution in [1.82, 2.24) is 0 Å². The Morgan fingerprint density at radius 2 is 2.16 bits per heavy atom. The fourth-order valence-corrected chi connectivity index (χ4v) is 2.74. The number of hydrogen-bond acceptors (Lipinski definition) is 2. The number of aromatic carboxylic acids is 1. The molecule has 0 amide bonds. The normalized spacial score (nSPS) is 21.9. The fraction of sp³-hybridized carbons (Fsp3) is 0.533. The van der Waals surface area contributed by atoms with E-state index in [2.05, 4.69) is 19.2 Å². The van der Waals surface area contributed by atoms with E-state index < -0.39 is 11.8 Å². The van der Waals surface area contributed by atoms with Crippen molar-refractivity contribution >= 4 is 11.7 Å². The maximum absolute atomic E-state index is 13.6. The highest BCUT2D eigenvalue weighted by Gasteiger charge is 2.32. The van der Waals surface area contributed by atoms with Gasteiger partial charge in [-0.15, -0.1) is 0 Å². The van der Waals surface area contributed by atoms with Gasteiger partial charge in [0.1, 0.15) is 5.82 Å². The summed E-state index contributed by atoms with van der Waals surface area (Å²) in [5.74, 6) is -1.92. The lowest BCUT2D eigenvalue weighted by molar-refractivity contribution is 0.0692. The zero-order chi connectivity index (χ0) is 14.0. The van der Waals surface area contributed by atoms with Crippen molar-refractivity contribution in [3.8, 4) is 0 Å². The third kappa shape index (κ3) is 3.06. The lowest BCUT2D eigenvalue weighted by Gasteiger charge is -2.39. The fourth-order valence-electron chi connectivity index (χ4n) is 2.74. The van der Waals surface area contributed by atoms with Crippen LogP contribution in [0.15, 0.2) is 18.2 Å². The second kappa shape index (κ2) is 5.19. The lowest BCUT2D eigenvalue weighted by Crippen LogP contribution is -2.38. The third-order valence-corrected chi connectivity index (χ3v) is 4.05. The summed E-state index contributed by atoms with van der Waals surface area (Å²) < 4.78 is 13.6. The third-order valence-electron chi connectivity index (χ3n) is 4.05. The van der Waals surface area contributed by atoms with E-state index in [0.717, 1.165) is 12.8 Å². The Morgan fingerprint density at radius 3 is 2.74 bits per heavy atom. The van der Waals surface area contributed by atoms with Crippen LogP contribution in [0.4, 0.5) is 10.1 Å². The number of benzene rings is 1. The topological polar surface area (TPSA) is 49.3 Å². The molecular weight excluding hydrogens is 245 g/mol. The van der Waals surface area contributed by atoms with Gasteiger partial charge in [-0.3, -0.25) is 0 Å². The molecule has 2 N–H and O–H groups in total. The first-order chi connectivity index (χ1) is 8.90. The van der Waals surface area contributed by atoms with Crippen LogP contribution in [0, 0.1) is 11.2 Å². The molecule has 1 aromatic rings. The number of carboxylic acids is 1. The molecule has 0 radical (unpaired) electrons. The number of halogens is 1. The number of hydrogen-bond donors (Lipinski definition) is 2. The van der Waals surface area contributed by atoms with Crippen LogP contribution in [-0.4, -0.2) is 17.1 Å². The Kier molecular flexibility index (Phi) is 3.78. The minimum atomic E-state index is -1.23. The van der Waals surface area contributed by atoms with Crippen LogP contribution in [0.3, 0.4) is 0 Å². The molecule has 0 saturated heterocycles. The summed E-state index contributed by atoms with van der Waals surface area (Å²) in [6.07, 6.45) is 4.63. The van der Waals surface area contributed by atoms with Crippen LogP contribution in [0.5, 0.6) is 0 Å². The number of carboxylic acid groups (broad SMARTS) is 1. The predicted octanol–water partition coefficient (Wildman–Crippen LogP) is 3.90. The minimum absolute atomic E-state index is 0.181. The van der Waals surface area contributed by atoms with Crippen LogP contribution in [0.25, 0.3) is 0 Å². The molecular formula is C15H20FNO2.